The normalized spacial score (nSPS) is 20.6. The summed E-state index contributed by atoms with van der Waals surface area (Å²) in [5.41, 5.74) is 0.789. The molecule has 1 aromatic carbocycles. The van der Waals surface area contributed by atoms with Gasteiger partial charge in [0, 0.05) is 18.0 Å². The molecule has 1 heterocycles. The first-order valence-corrected chi connectivity index (χ1v) is 6.63. The SMILES string of the molecule is C=C[C@H](C)[C@](C)(O)[C@@H](C)N1Cc2ccccc2C1=O. The quantitative estimate of drug-likeness (QED) is 0.844. The highest BCUT2D eigenvalue weighted by Gasteiger charge is 2.41. The summed E-state index contributed by atoms with van der Waals surface area (Å²) in [5, 5.41) is 10.6. The molecule has 1 amide bonds. The molecular formula is C16H21NO2. The fourth-order valence-electron chi connectivity index (χ4n) is 2.52. The van der Waals surface area contributed by atoms with Crippen LogP contribution >= 0.6 is 0 Å². The van der Waals surface area contributed by atoms with Crippen LogP contribution in [0.4, 0.5) is 0 Å². The maximum absolute atomic E-state index is 12.4. The van der Waals surface area contributed by atoms with E-state index in [-0.39, 0.29) is 17.9 Å². The van der Waals surface area contributed by atoms with Gasteiger partial charge in [-0.15, -0.1) is 6.58 Å². The Labute approximate surface area is 114 Å². The molecule has 19 heavy (non-hydrogen) atoms. The number of fused-ring (bicyclic) bond motifs is 1. The van der Waals surface area contributed by atoms with Crippen molar-refractivity contribution in [2.75, 3.05) is 0 Å². The predicted octanol–water partition coefficient (Wildman–Crippen LogP) is 2.60. The number of nitrogens with zero attached hydrogens (tertiary/aromatic N) is 1. The maximum Gasteiger partial charge on any atom is 0.254 e. The molecule has 0 spiro atoms. The first-order valence-electron chi connectivity index (χ1n) is 6.63. The van der Waals surface area contributed by atoms with Gasteiger partial charge in [0.1, 0.15) is 0 Å². The molecule has 0 radical (unpaired) electrons. The molecular weight excluding hydrogens is 238 g/mol. The number of aliphatic hydroxyl groups is 1. The first kappa shape index (κ1) is 13.8. The molecule has 0 fully saturated rings. The van der Waals surface area contributed by atoms with Gasteiger partial charge in [0.2, 0.25) is 0 Å². The summed E-state index contributed by atoms with van der Waals surface area (Å²) >= 11 is 0. The molecule has 3 heteroatoms. The van der Waals surface area contributed by atoms with E-state index >= 15 is 0 Å². The Morgan fingerprint density at radius 1 is 1.42 bits per heavy atom. The van der Waals surface area contributed by atoms with E-state index in [1.807, 2.05) is 38.1 Å². The number of hydrogen-bond acceptors (Lipinski definition) is 2. The van der Waals surface area contributed by atoms with Gasteiger partial charge in [0.25, 0.3) is 5.91 Å². The van der Waals surface area contributed by atoms with Crippen molar-refractivity contribution in [2.24, 2.45) is 5.92 Å². The van der Waals surface area contributed by atoms with Gasteiger partial charge in [-0.1, -0.05) is 31.2 Å². The lowest BCUT2D eigenvalue weighted by atomic mass is 9.84. The van der Waals surface area contributed by atoms with E-state index in [0.29, 0.717) is 6.54 Å². The average Bonchev–Trinajstić information content (AvgIpc) is 2.74. The van der Waals surface area contributed by atoms with E-state index in [1.54, 1.807) is 17.9 Å². The van der Waals surface area contributed by atoms with Crippen LogP contribution in [0, 0.1) is 5.92 Å². The zero-order valence-corrected chi connectivity index (χ0v) is 11.8. The van der Waals surface area contributed by atoms with Gasteiger partial charge in [-0.3, -0.25) is 4.79 Å². The molecule has 0 aromatic heterocycles. The Morgan fingerprint density at radius 3 is 2.63 bits per heavy atom. The Bertz CT molecular complexity index is 507. The summed E-state index contributed by atoms with van der Waals surface area (Å²) in [6.45, 7) is 9.87. The Kier molecular flexibility index (Phi) is 3.50. The van der Waals surface area contributed by atoms with Crippen LogP contribution in [0.5, 0.6) is 0 Å². The van der Waals surface area contributed by atoms with Crippen molar-refractivity contribution in [3.05, 3.63) is 48.0 Å². The van der Waals surface area contributed by atoms with Crippen molar-refractivity contribution in [3.63, 3.8) is 0 Å². The fraction of sp³-hybridized carbons (Fsp3) is 0.438. The number of benzene rings is 1. The predicted molar refractivity (Wildman–Crippen MR) is 75.8 cm³/mol. The summed E-state index contributed by atoms with van der Waals surface area (Å²) in [6, 6.07) is 7.35. The van der Waals surface area contributed by atoms with Gasteiger partial charge in [-0.2, -0.15) is 0 Å². The van der Waals surface area contributed by atoms with Crippen LogP contribution in [0.15, 0.2) is 36.9 Å². The summed E-state index contributed by atoms with van der Waals surface area (Å²) in [6.07, 6.45) is 1.73. The standard InChI is InChI=1S/C16H21NO2/c1-5-11(2)16(4,19)12(3)17-10-13-8-6-7-9-14(13)15(17)18/h5-9,11-12,19H,1,10H2,2-4H3/t11-,12+,16-/m0/s1. The highest BCUT2D eigenvalue weighted by molar-refractivity contribution is 5.98. The van der Waals surface area contributed by atoms with Crippen molar-refractivity contribution in [3.8, 4) is 0 Å². The molecule has 1 N–H and O–H groups in total. The molecule has 2 rings (SSSR count). The number of amides is 1. The van der Waals surface area contributed by atoms with Crippen LogP contribution in [-0.4, -0.2) is 27.6 Å². The van der Waals surface area contributed by atoms with E-state index in [1.165, 1.54) is 0 Å². The zero-order chi connectivity index (χ0) is 14.2. The smallest absolute Gasteiger partial charge is 0.254 e. The van der Waals surface area contributed by atoms with Gasteiger partial charge >= 0.3 is 0 Å². The van der Waals surface area contributed by atoms with E-state index in [9.17, 15) is 9.90 Å². The molecule has 0 aliphatic carbocycles. The highest BCUT2D eigenvalue weighted by atomic mass is 16.3. The minimum Gasteiger partial charge on any atom is -0.387 e. The molecule has 1 aliphatic rings. The van der Waals surface area contributed by atoms with E-state index in [0.717, 1.165) is 11.1 Å². The van der Waals surface area contributed by atoms with Gasteiger partial charge in [0.05, 0.1) is 11.6 Å². The largest absolute Gasteiger partial charge is 0.387 e. The summed E-state index contributed by atoms with van der Waals surface area (Å²) in [4.78, 5) is 14.1. The minimum absolute atomic E-state index is 0.000336. The van der Waals surface area contributed by atoms with Crippen molar-refractivity contribution in [1.29, 1.82) is 0 Å². The Hall–Kier alpha value is -1.61. The van der Waals surface area contributed by atoms with Crippen LogP contribution in [0.25, 0.3) is 0 Å². The maximum atomic E-state index is 12.4. The molecule has 3 atom stereocenters. The second-order valence-corrected chi connectivity index (χ2v) is 5.52. The fourth-order valence-corrected chi connectivity index (χ4v) is 2.52. The van der Waals surface area contributed by atoms with Crippen LogP contribution in [0.3, 0.4) is 0 Å². The monoisotopic (exact) mass is 259 g/mol. The number of hydrogen-bond donors (Lipinski definition) is 1. The Balaban J connectivity index is 2.26. The summed E-state index contributed by atoms with van der Waals surface area (Å²) in [7, 11) is 0. The second-order valence-electron chi connectivity index (χ2n) is 5.52. The number of carbonyl (C=O) groups is 1. The molecule has 1 aliphatic heterocycles. The molecule has 3 nitrogen and oxygen atoms in total. The van der Waals surface area contributed by atoms with E-state index < -0.39 is 5.60 Å². The van der Waals surface area contributed by atoms with Gasteiger partial charge in [-0.25, -0.2) is 0 Å². The van der Waals surface area contributed by atoms with Crippen molar-refractivity contribution in [1.82, 2.24) is 4.90 Å². The van der Waals surface area contributed by atoms with Gasteiger partial charge in [-0.05, 0) is 25.5 Å². The molecule has 0 unspecified atom stereocenters. The molecule has 0 saturated carbocycles. The summed E-state index contributed by atoms with van der Waals surface area (Å²) < 4.78 is 0. The van der Waals surface area contributed by atoms with Gasteiger partial charge in [0.15, 0.2) is 0 Å². The average molecular weight is 259 g/mol. The van der Waals surface area contributed by atoms with Gasteiger partial charge < -0.3 is 10.0 Å². The molecule has 1 aromatic rings. The van der Waals surface area contributed by atoms with Crippen LogP contribution < -0.4 is 0 Å². The lowest BCUT2D eigenvalue weighted by Crippen LogP contribution is -2.52. The lowest BCUT2D eigenvalue weighted by Gasteiger charge is -2.39. The number of rotatable bonds is 4. The third-order valence-electron chi connectivity index (χ3n) is 4.44. The lowest BCUT2D eigenvalue weighted by molar-refractivity contribution is -0.0443. The molecule has 102 valence electrons. The van der Waals surface area contributed by atoms with E-state index in [4.69, 9.17) is 0 Å². The Morgan fingerprint density at radius 2 is 2.05 bits per heavy atom. The molecule has 0 saturated heterocycles. The van der Waals surface area contributed by atoms with Crippen molar-refractivity contribution in [2.45, 2.75) is 39.0 Å². The minimum atomic E-state index is -0.987. The zero-order valence-electron chi connectivity index (χ0n) is 11.8. The topological polar surface area (TPSA) is 40.5 Å². The molecule has 0 bridgehead atoms. The van der Waals surface area contributed by atoms with Crippen LogP contribution in [0.2, 0.25) is 0 Å². The first-order chi connectivity index (χ1) is 8.89. The highest BCUT2D eigenvalue weighted by Crippen LogP contribution is 2.31. The third kappa shape index (κ3) is 2.19. The van der Waals surface area contributed by atoms with Crippen molar-refractivity contribution >= 4 is 5.91 Å². The summed E-state index contributed by atoms with van der Waals surface area (Å²) in [5.74, 6) is -0.0846. The second kappa shape index (κ2) is 4.82. The van der Waals surface area contributed by atoms with Crippen LogP contribution in [0.1, 0.15) is 36.7 Å². The third-order valence-corrected chi connectivity index (χ3v) is 4.44. The van der Waals surface area contributed by atoms with E-state index in [2.05, 4.69) is 6.58 Å². The number of carbonyl (C=O) groups excluding carboxylic acids is 1. The van der Waals surface area contributed by atoms with Crippen LogP contribution in [-0.2, 0) is 6.54 Å². The van der Waals surface area contributed by atoms with Crippen molar-refractivity contribution < 1.29 is 9.90 Å².